The number of likely N-dealkylation sites (N-methyl/N-ethyl adjacent to an activating group) is 1. The molecule has 4 heteroatoms. The Morgan fingerprint density at radius 2 is 2.00 bits per heavy atom. The third-order valence-corrected chi connectivity index (χ3v) is 4.01. The van der Waals surface area contributed by atoms with Crippen LogP contribution in [0, 0.1) is 5.82 Å². The highest BCUT2D eigenvalue weighted by Crippen LogP contribution is 2.24. The lowest BCUT2D eigenvalue weighted by molar-refractivity contribution is -0.0283. The highest BCUT2D eigenvalue weighted by molar-refractivity contribution is 5.30. The molecule has 0 aliphatic rings. The molecule has 0 aromatic heterocycles. The molecule has 0 aliphatic carbocycles. The Morgan fingerprint density at radius 3 is 2.45 bits per heavy atom. The van der Waals surface area contributed by atoms with E-state index in [-0.39, 0.29) is 23.2 Å². The topological polar surface area (TPSA) is 30.5 Å². The lowest BCUT2D eigenvalue weighted by Gasteiger charge is -2.36. The second-order valence-corrected chi connectivity index (χ2v) is 5.15. The zero-order valence-corrected chi connectivity index (χ0v) is 13.1. The molecule has 3 nitrogen and oxygen atoms in total. The molecule has 20 heavy (non-hydrogen) atoms. The van der Waals surface area contributed by atoms with Crippen LogP contribution in [0.3, 0.4) is 0 Å². The van der Waals surface area contributed by atoms with Gasteiger partial charge in [0.25, 0.3) is 0 Å². The van der Waals surface area contributed by atoms with Crippen molar-refractivity contribution in [2.24, 2.45) is 0 Å². The van der Waals surface area contributed by atoms with Gasteiger partial charge in [-0.1, -0.05) is 19.9 Å². The van der Waals surface area contributed by atoms with E-state index >= 15 is 0 Å². The second kappa shape index (κ2) is 7.60. The van der Waals surface area contributed by atoms with Gasteiger partial charge in [0, 0.05) is 13.2 Å². The first-order chi connectivity index (χ1) is 9.50. The lowest BCUT2D eigenvalue weighted by Crippen LogP contribution is -2.51. The van der Waals surface area contributed by atoms with Crippen molar-refractivity contribution in [3.05, 3.63) is 29.6 Å². The van der Waals surface area contributed by atoms with E-state index in [0.717, 1.165) is 18.5 Å². The third-order valence-electron chi connectivity index (χ3n) is 4.01. The first kappa shape index (κ1) is 16.9. The van der Waals surface area contributed by atoms with Crippen molar-refractivity contribution < 1.29 is 13.9 Å². The average Bonchev–Trinajstić information content (AvgIpc) is 2.46. The number of benzene rings is 1. The zero-order chi connectivity index (χ0) is 15.2. The molecule has 0 heterocycles. The van der Waals surface area contributed by atoms with E-state index in [1.807, 2.05) is 6.07 Å². The fraction of sp³-hybridized carbons (Fsp3) is 0.625. The molecule has 114 valence electrons. The van der Waals surface area contributed by atoms with Crippen molar-refractivity contribution in [3.8, 4) is 5.75 Å². The normalized spacial score (nSPS) is 15.7. The number of rotatable bonds is 8. The minimum absolute atomic E-state index is 0.135. The Kier molecular flexibility index (Phi) is 6.43. The first-order valence-corrected chi connectivity index (χ1v) is 7.11. The summed E-state index contributed by atoms with van der Waals surface area (Å²) in [7, 11) is 3.20. The SMILES string of the molecule is CCNC(Cc1ccc(OC)c(F)c1)C(C)(CC)OC. The van der Waals surface area contributed by atoms with Gasteiger partial charge in [0.2, 0.25) is 0 Å². The molecule has 0 spiro atoms. The second-order valence-electron chi connectivity index (χ2n) is 5.15. The maximum Gasteiger partial charge on any atom is 0.165 e. The number of methoxy groups -OCH3 is 2. The molecule has 0 fully saturated rings. The molecule has 1 aromatic rings. The summed E-state index contributed by atoms with van der Waals surface area (Å²) < 4.78 is 24.4. The number of halogens is 1. The van der Waals surface area contributed by atoms with Crippen molar-refractivity contribution in [1.29, 1.82) is 0 Å². The maximum absolute atomic E-state index is 13.8. The summed E-state index contributed by atoms with van der Waals surface area (Å²) in [5.41, 5.74) is 0.665. The molecule has 1 N–H and O–H groups in total. The van der Waals surface area contributed by atoms with E-state index < -0.39 is 0 Å². The van der Waals surface area contributed by atoms with E-state index in [2.05, 4.69) is 26.1 Å². The lowest BCUT2D eigenvalue weighted by atomic mass is 9.88. The Labute approximate surface area is 121 Å². The maximum atomic E-state index is 13.8. The molecule has 0 saturated carbocycles. The number of ether oxygens (including phenoxy) is 2. The molecule has 0 amide bonds. The molecule has 2 atom stereocenters. The van der Waals surface area contributed by atoms with Crippen LogP contribution in [0.15, 0.2) is 18.2 Å². The van der Waals surface area contributed by atoms with Crippen LogP contribution in [-0.2, 0) is 11.2 Å². The molecule has 0 saturated heterocycles. The molecule has 1 rings (SSSR count). The van der Waals surface area contributed by atoms with Crippen molar-refractivity contribution in [1.82, 2.24) is 5.32 Å². The van der Waals surface area contributed by atoms with Crippen molar-refractivity contribution in [2.45, 2.75) is 45.3 Å². The Bertz CT molecular complexity index is 419. The van der Waals surface area contributed by atoms with E-state index in [9.17, 15) is 4.39 Å². The van der Waals surface area contributed by atoms with Crippen LogP contribution >= 0.6 is 0 Å². The highest BCUT2D eigenvalue weighted by atomic mass is 19.1. The van der Waals surface area contributed by atoms with E-state index in [0.29, 0.717) is 6.42 Å². The summed E-state index contributed by atoms with van der Waals surface area (Å²) in [6, 6.07) is 5.24. The molecule has 0 aliphatic heterocycles. The van der Waals surface area contributed by atoms with E-state index in [1.54, 1.807) is 13.2 Å². The minimum atomic E-state index is -0.323. The summed E-state index contributed by atoms with van der Waals surface area (Å²) >= 11 is 0. The summed E-state index contributed by atoms with van der Waals surface area (Å²) in [4.78, 5) is 0. The first-order valence-electron chi connectivity index (χ1n) is 7.11. The molecular weight excluding hydrogens is 257 g/mol. The molecule has 2 unspecified atom stereocenters. The van der Waals surface area contributed by atoms with Gasteiger partial charge >= 0.3 is 0 Å². The minimum Gasteiger partial charge on any atom is -0.494 e. The number of hydrogen-bond donors (Lipinski definition) is 1. The van der Waals surface area contributed by atoms with Gasteiger partial charge in [-0.25, -0.2) is 4.39 Å². The van der Waals surface area contributed by atoms with Gasteiger partial charge in [-0.2, -0.15) is 0 Å². The largest absolute Gasteiger partial charge is 0.494 e. The molecular formula is C16H26FNO2. The summed E-state index contributed by atoms with van der Waals surface area (Å²) in [5.74, 6) is -0.0467. The van der Waals surface area contributed by atoms with Gasteiger partial charge in [-0.05, 0) is 44.0 Å². The van der Waals surface area contributed by atoms with Crippen LogP contribution in [0.1, 0.15) is 32.8 Å². The van der Waals surface area contributed by atoms with Gasteiger partial charge in [0.05, 0.1) is 12.7 Å². The van der Waals surface area contributed by atoms with Crippen molar-refractivity contribution >= 4 is 0 Å². The standard InChI is InChI=1S/C16H26FNO2/c1-6-16(3,20-5)15(18-7-2)11-12-8-9-14(19-4)13(17)10-12/h8-10,15,18H,6-7,11H2,1-5H3. The molecule has 0 bridgehead atoms. The van der Waals surface area contributed by atoms with Crippen LogP contribution in [0.2, 0.25) is 0 Å². The molecule has 1 aromatic carbocycles. The monoisotopic (exact) mass is 283 g/mol. The fourth-order valence-electron chi connectivity index (χ4n) is 2.36. The van der Waals surface area contributed by atoms with E-state index in [4.69, 9.17) is 9.47 Å². The van der Waals surface area contributed by atoms with Crippen LogP contribution in [-0.4, -0.2) is 32.4 Å². The average molecular weight is 283 g/mol. The molecule has 0 radical (unpaired) electrons. The predicted molar refractivity (Wildman–Crippen MR) is 79.8 cm³/mol. The van der Waals surface area contributed by atoms with Gasteiger partial charge < -0.3 is 14.8 Å². The van der Waals surface area contributed by atoms with E-state index in [1.165, 1.54) is 13.2 Å². The Hall–Kier alpha value is -1.13. The fourth-order valence-corrected chi connectivity index (χ4v) is 2.36. The number of hydrogen-bond acceptors (Lipinski definition) is 3. The quantitative estimate of drug-likeness (QED) is 0.795. The van der Waals surface area contributed by atoms with Gasteiger partial charge in [-0.3, -0.25) is 0 Å². The van der Waals surface area contributed by atoms with Crippen LogP contribution in [0.4, 0.5) is 4.39 Å². The third kappa shape index (κ3) is 3.93. The predicted octanol–water partition coefficient (Wildman–Crippen LogP) is 3.17. The smallest absolute Gasteiger partial charge is 0.165 e. The summed E-state index contributed by atoms with van der Waals surface area (Å²) in [6.45, 7) is 7.10. The van der Waals surface area contributed by atoms with Crippen molar-refractivity contribution in [2.75, 3.05) is 20.8 Å². The summed E-state index contributed by atoms with van der Waals surface area (Å²) in [5, 5.41) is 3.44. The summed E-state index contributed by atoms with van der Waals surface area (Å²) in [6.07, 6.45) is 1.60. The van der Waals surface area contributed by atoms with Crippen LogP contribution in [0.25, 0.3) is 0 Å². The van der Waals surface area contributed by atoms with Gasteiger partial charge in [0.15, 0.2) is 11.6 Å². The van der Waals surface area contributed by atoms with Gasteiger partial charge in [0.1, 0.15) is 0 Å². The Balaban J connectivity index is 2.93. The number of nitrogens with one attached hydrogen (secondary N) is 1. The van der Waals surface area contributed by atoms with Gasteiger partial charge in [-0.15, -0.1) is 0 Å². The van der Waals surface area contributed by atoms with Crippen LogP contribution < -0.4 is 10.1 Å². The Morgan fingerprint density at radius 1 is 1.30 bits per heavy atom. The van der Waals surface area contributed by atoms with Crippen molar-refractivity contribution in [3.63, 3.8) is 0 Å². The van der Waals surface area contributed by atoms with Crippen LogP contribution in [0.5, 0.6) is 5.75 Å². The zero-order valence-electron chi connectivity index (χ0n) is 13.1. The highest BCUT2D eigenvalue weighted by Gasteiger charge is 2.32.